The molecule has 1 N–H and O–H groups in total. The first-order chi connectivity index (χ1) is 6.76. The van der Waals surface area contributed by atoms with Crippen LogP contribution in [0.1, 0.15) is 16.8 Å². The lowest BCUT2D eigenvalue weighted by Crippen LogP contribution is -2.26. The molecule has 0 bridgehead atoms. The van der Waals surface area contributed by atoms with Crippen LogP contribution in [0.2, 0.25) is 0 Å². The Kier molecular flexibility index (Phi) is 5.07. The van der Waals surface area contributed by atoms with E-state index in [9.17, 15) is 0 Å². The summed E-state index contributed by atoms with van der Waals surface area (Å²) >= 11 is 1.82. The highest BCUT2D eigenvalue weighted by Crippen LogP contribution is 2.14. The lowest BCUT2D eigenvalue weighted by Gasteiger charge is -2.13. The van der Waals surface area contributed by atoms with E-state index in [2.05, 4.69) is 29.2 Å². The molecule has 0 saturated carbocycles. The minimum absolute atomic E-state index is 0.965. The number of nitrogens with zero attached hydrogens (tertiary/aromatic N) is 2. The maximum atomic E-state index is 4.39. The van der Waals surface area contributed by atoms with E-state index in [1.165, 1.54) is 9.88 Å². The van der Waals surface area contributed by atoms with E-state index in [1.54, 1.807) is 0 Å². The summed E-state index contributed by atoms with van der Waals surface area (Å²) < 4.78 is 0. The van der Waals surface area contributed by atoms with E-state index in [0.717, 1.165) is 26.1 Å². The maximum absolute atomic E-state index is 4.39. The first kappa shape index (κ1) is 11.6. The monoisotopic (exact) mass is 213 g/mol. The minimum Gasteiger partial charge on any atom is -0.318 e. The van der Waals surface area contributed by atoms with Crippen molar-refractivity contribution in [2.24, 2.45) is 0 Å². The third-order valence-corrected chi connectivity index (χ3v) is 3.23. The SMILES string of the molecule is CCc1cnc(CN(C)CCNC)s1. The molecule has 0 aliphatic rings. The van der Waals surface area contributed by atoms with Gasteiger partial charge in [-0.1, -0.05) is 6.92 Å². The van der Waals surface area contributed by atoms with Gasteiger partial charge in [0, 0.05) is 24.2 Å². The van der Waals surface area contributed by atoms with Gasteiger partial charge in [0.15, 0.2) is 0 Å². The second-order valence-corrected chi connectivity index (χ2v) is 4.61. The average molecular weight is 213 g/mol. The van der Waals surface area contributed by atoms with Crippen molar-refractivity contribution >= 4 is 11.3 Å². The lowest BCUT2D eigenvalue weighted by atomic mass is 10.4. The number of aromatic nitrogens is 1. The van der Waals surface area contributed by atoms with Crippen molar-refractivity contribution in [2.75, 3.05) is 27.2 Å². The molecule has 4 heteroatoms. The predicted molar refractivity (Wildman–Crippen MR) is 61.8 cm³/mol. The Morgan fingerprint density at radius 3 is 2.93 bits per heavy atom. The van der Waals surface area contributed by atoms with Crippen LogP contribution >= 0.6 is 11.3 Å². The molecule has 0 atom stereocenters. The third-order valence-electron chi connectivity index (χ3n) is 2.10. The fourth-order valence-electron chi connectivity index (χ4n) is 1.20. The predicted octanol–water partition coefficient (Wildman–Crippen LogP) is 1.36. The zero-order valence-electron chi connectivity index (χ0n) is 9.21. The summed E-state index contributed by atoms with van der Waals surface area (Å²) in [5.74, 6) is 0. The molecule has 0 aliphatic heterocycles. The first-order valence-corrected chi connectivity index (χ1v) is 5.84. The molecule has 1 aromatic rings. The Balaban J connectivity index is 2.35. The Morgan fingerprint density at radius 2 is 2.36 bits per heavy atom. The van der Waals surface area contributed by atoms with Crippen LogP contribution in [0.3, 0.4) is 0 Å². The van der Waals surface area contributed by atoms with Gasteiger partial charge in [-0.05, 0) is 20.5 Å². The van der Waals surface area contributed by atoms with Crippen molar-refractivity contribution in [2.45, 2.75) is 19.9 Å². The number of thiazole rings is 1. The van der Waals surface area contributed by atoms with Gasteiger partial charge in [-0.25, -0.2) is 4.98 Å². The quantitative estimate of drug-likeness (QED) is 0.773. The van der Waals surface area contributed by atoms with Crippen LogP contribution in [0.25, 0.3) is 0 Å². The van der Waals surface area contributed by atoms with Gasteiger partial charge in [0.2, 0.25) is 0 Å². The Bertz CT molecular complexity index is 260. The molecule has 0 fully saturated rings. The van der Waals surface area contributed by atoms with Crippen molar-refractivity contribution in [3.05, 3.63) is 16.1 Å². The number of aryl methyl sites for hydroxylation is 1. The van der Waals surface area contributed by atoms with Gasteiger partial charge < -0.3 is 5.32 Å². The van der Waals surface area contributed by atoms with Gasteiger partial charge in [0.05, 0.1) is 6.54 Å². The molecular weight excluding hydrogens is 194 g/mol. The van der Waals surface area contributed by atoms with E-state index in [1.807, 2.05) is 24.6 Å². The fraction of sp³-hybridized carbons (Fsp3) is 0.700. The van der Waals surface area contributed by atoms with Gasteiger partial charge in [0.1, 0.15) is 5.01 Å². The summed E-state index contributed by atoms with van der Waals surface area (Å²) in [5.41, 5.74) is 0. The average Bonchev–Trinajstić information content (AvgIpc) is 2.62. The van der Waals surface area contributed by atoms with Crippen LogP contribution in [-0.4, -0.2) is 37.1 Å². The van der Waals surface area contributed by atoms with E-state index < -0.39 is 0 Å². The highest BCUT2D eigenvalue weighted by Gasteiger charge is 2.03. The summed E-state index contributed by atoms with van der Waals surface area (Å²) in [7, 11) is 4.11. The van der Waals surface area contributed by atoms with Crippen molar-refractivity contribution in [1.29, 1.82) is 0 Å². The summed E-state index contributed by atoms with van der Waals surface area (Å²) in [6.07, 6.45) is 3.09. The van der Waals surface area contributed by atoms with Gasteiger partial charge in [0.25, 0.3) is 0 Å². The van der Waals surface area contributed by atoms with Gasteiger partial charge in [-0.3, -0.25) is 4.90 Å². The Labute approximate surface area is 90.2 Å². The third kappa shape index (κ3) is 3.74. The van der Waals surface area contributed by atoms with Crippen LogP contribution in [0.4, 0.5) is 0 Å². The number of hydrogen-bond donors (Lipinski definition) is 1. The van der Waals surface area contributed by atoms with Crippen LogP contribution in [-0.2, 0) is 13.0 Å². The highest BCUT2D eigenvalue weighted by atomic mass is 32.1. The van der Waals surface area contributed by atoms with Crippen molar-refractivity contribution in [1.82, 2.24) is 15.2 Å². The molecule has 1 aromatic heterocycles. The summed E-state index contributed by atoms with van der Waals surface area (Å²) in [6.45, 7) is 5.23. The Hall–Kier alpha value is -0.450. The maximum Gasteiger partial charge on any atom is 0.107 e. The smallest absolute Gasteiger partial charge is 0.107 e. The molecule has 0 aromatic carbocycles. The molecule has 1 rings (SSSR count). The normalized spacial score (nSPS) is 11.1. The first-order valence-electron chi connectivity index (χ1n) is 5.03. The van der Waals surface area contributed by atoms with Crippen LogP contribution < -0.4 is 5.32 Å². The van der Waals surface area contributed by atoms with Gasteiger partial charge in [-0.15, -0.1) is 11.3 Å². The molecular formula is C10H19N3S. The fourth-order valence-corrected chi connectivity index (χ4v) is 2.14. The molecule has 0 radical (unpaired) electrons. The number of rotatable bonds is 6. The Morgan fingerprint density at radius 1 is 1.57 bits per heavy atom. The van der Waals surface area contributed by atoms with E-state index in [0.29, 0.717) is 0 Å². The molecule has 0 unspecified atom stereocenters. The van der Waals surface area contributed by atoms with Gasteiger partial charge in [-0.2, -0.15) is 0 Å². The molecule has 1 heterocycles. The lowest BCUT2D eigenvalue weighted by molar-refractivity contribution is 0.327. The zero-order valence-corrected chi connectivity index (χ0v) is 10.0. The van der Waals surface area contributed by atoms with Gasteiger partial charge >= 0.3 is 0 Å². The van der Waals surface area contributed by atoms with E-state index >= 15 is 0 Å². The van der Waals surface area contributed by atoms with Crippen molar-refractivity contribution < 1.29 is 0 Å². The summed E-state index contributed by atoms with van der Waals surface area (Å²) in [5, 5.41) is 4.36. The standard InChI is InChI=1S/C10H19N3S/c1-4-9-7-12-10(14-9)8-13(3)6-5-11-2/h7,11H,4-6,8H2,1-3H3. The molecule has 3 nitrogen and oxygen atoms in total. The van der Waals surface area contributed by atoms with E-state index in [4.69, 9.17) is 0 Å². The number of nitrogens with one attached hydrogen (secondary N) is 1. The highest BCUT2D eigenvalue weighted by molar-refractivity contribution is 7.11. The second-order valence-electron chi connectivity index (χ2n) is 3.42. The summed E-state index contributed by atoms with van der Waals surface area (Å²) in [6, 6.07) is 0. The second kappa shape index (κ2) is 6.11. The topological polar surface area (TPSA) is 28.2 Å². The van der Waals surface area contributed by atoms with Crippen LogP contribution in [0.5, 0.6) is 0 Å². The molecule has 0 amide bonds. The number of hydrogen-bond acceptors (Lipinski definition) is 4. The zero-order chi connectivity index (χ0) is 10.4. The molecule has 0 saturated heterocycles. The van der Waals surface area contributed by atoms with Crippen LogP contribution in [0, 0.1) is 0 Å². The van der Waals surface area contributed by atoms with Crippen molar-refractivity contribution in [3.8, 4) is 0 Å². The molecule has 0 aliphatic carbocycles. The largest absolute Gasteiger partial charge is 0.318 e. The molecule has 80 valence electrons. The minimum atomic E-state index is 0.965. The molecule has 0 spiro atoms. The van der Waals surface area contributed by atoms with Crippen molar-refractivity contribution in [3.63, 3.8) is 0 Å². The molecule has 14 heavy (non-hydrogen) atoms. The summed E-state index contributed by atoms with van der Waals surface area (Å²) in [4.78, 5) is 8.05. The van der Waals surface area contributed by atoms with E-state index in [-0.39, 0.29) is 0 Å². The van der Waals surface area contributed by atoms with Crippen LogP contribution in [0.15, 0.2) is 6.20 Å². The number of likely N-dealkylation sites (N-methyl/N-ethyl adjacent to an activating group) is 2.